The van der Waals surface area contributed by atoms with Gasteiger partial charge in [0.1, 0.15) is 0 Å². The predicted octanol–water partition coefficient (Wildman–Crippen LogP) is 2.35. The van der Waals surface area contributed by atoms with E-state index in [4.69, 9.17) is 5.11 Å². The van der Waals surface area contributed by atoms with Crippen LogP contribution in [0, 0.1) is 0 Å². The third-order valence-corrected chi connectivity index (χ3v) is 4.08. The largest absolute Gasteiger partial charge is 0.396 e. The van der Waals surface area contributed by atoms with E-state index in [0.717, 1.165) is 31.5 Å². The zero-order chi connectivity index (χ0) is 12.0. The van der Waals surface area contributed by atoms with Gasteiger partial charge in [0, 0.05) is 24.1 Å². The summed E-state index contributed by atoms with van der Waals surface area (Å²) in [6.45, 7) is 7.44. The van der Waals surface area contributed by atoms with Gasteiger partial charge in [-0.25, -0.2) is 4.98 Å². The highest BCUT2D eigenvalue weighted by Gasteiger charge is 2.20. The molecule has 0 aromatic carbocycles. The highest BCUT2D eigenvalue weighted by molar-refractivity contribution is 7.09. The van der Waals surface area contributed by atoms with Crippen molar-refractivity contribution in [2.45, 2.75) is 52.1 Å². The molecular formula is C12H22N2OS. The smallest absolute Gasteiger partial charge is 0.0926 e. The number of aliphatic hydroxyl groups is 1. The molecule has 0 saturated heterocycles. The Morgan fingerprint density at radius 1 is 1.50 bits per heavy atom. The Bertz CT molecular complexity index is 314. The van der Waals surface area contributed by atoms with Gasteiger partial charge in [0.2, 0.25) is 0 Å². The van der Waals surface area contributed by atoms with E-state index in [9.17, 15) is 0 Å². The molecule has 1 atom stereocenters. The van der Waals surface area contributed by atoms with E-state index in [2.05, 4.69) is 36.5 Å². The summed E-state index contributed by atoms with van der Waals surface area (Å²) in [7, 11) is 0. The lowest BCUT2D eigenvalue weighted by Gasteiger charge is -2.28. The fourth-order valence-electron chi connectivity index (χ4n) is 1.53. The summed E-state index contributed by atoms with van der Waals surface area (Å²) in [4.78, 5) is 4.52. The standard InChI is InChI=1S/C12H22N2OS/c1-4-11-14-10(9-16-11)8-13-12(3,5-2)6-7-15/h9,13,15H,4-8H2,1-3H3. The molecule has 16 heavy (non-hydrogen) atoms. The van der Waals surface area contributed by atoms with Crippen LogP contribution < -0.4 is 5.32 Å². The highest BCUT2D eigenvalue weighted by atomic mass is 32.1. The van der Waals surface area contributed by atoms with Gasteiger partial charge in [-0.3, -0.25) is 0 Å². The molecule has 1 aromatic heterocycles. The van der Waals surface area contributed by atoms with Crippen LogP contribution in [0.25, 0.3) is 0 Å². The molecule has 0 aliphatic heterocycles. The Labute approximate surface area is 102 Å². The molecule has 0 bridgehead atoms. The molecule has 0 amide bonds. The van der Waals surface area contributed by atoms with Crippen LogP contribution in [0.15, 0.2) is 5.38 Å². The molecule has 0 radical (unpaired) electrons. The van der Waals surface area contributed by atoms with Crippen molar-refractivity contribution in [2.75, 3.05) is 6.61 Å². The van der Waals surface area contributed by atoms with Gasteiger partial charge in [-0.1, -0.05) is 13.8 Å². The van der Waals surface area contributed by atoms with Gasteiger partial charge in [-0.05, 0) is 26.2 Å². The van der Waals surface area contributed by atoms with E-state index in [1.54, 1.807) is 11.3 Å². The van der Waals surface area contributed by atoms with Crippen molar-refractivity contribution in [2.24, 2.45) is 0 Å². The SMILES string of the molecule is CCc1nc(CNC(C)(CC)CCO)cs1. The van der Waals surface area contributed by atoms with Crippen LogP contribution in [0.5, 0.6) is 0 Å². The molecule has 1 rings (SSSR count). The minimum atomic E-state index is 0.0186. The molecule has 1 heterocycles. The normalized spacial score (nSPS) is 15.0. The predicted molar refractivity (Wildman–Crippen MR) is 68.7 cm³/mol. The third kappa shape index (κ3) is 3.85. The van der Waals surface area contributed by atoms with Crippen LogP contribution >= 0.6 is 11.3 Å². The lowest BCUT2D eigenvalue weighted by atomic mass is 9.95. The lowest BCUT2D eigenvalue weighted by molar-refractivity contribution is 0.214. The third-order valence-electron chi connectivity index (χ3n) is 3.04. The number of aliphatic hydroxyl groups excluding tert-OH is 1. The fourth-order valence-corrected chi connectivity index (χ4v) is 2.28. The van der Waals surface area contributed by atoms with Crippen LogP contribution in [0.1, 0.15) is 44.3 Å². The van der Waals surface area contributed by atoms with E-state index in [1.807, 2.05) is 0 Å². The molecule has 0 spiro atoms. The molecular weight excluding hydrogens is 220 g/mol. The minimum absolute atomic E-state index is 0.0186. The maximum absolute atomic E-state index is 9.02. The van der Waals surface area contributed by atoms with Gasteiger partial charge < -0.3 is 10.4 Å². The average Bonchev–Trinajstić information content (AvgIpc) is 2.75. The van der Waals surface area contributed by atoms with Gasteiger partial charge in [-0.15, -0.1) is 11.3 Å². The Balaban J connectivity index is 2.48. The van der Waals surface area contributed by atoms with E-state index in [0.29, 0.717) is 0 Å². The first-order valence-electron chi connectivity index (χ1n) is 5.92. The molecule has 92 valence electrons. The second kappa shape index (κ2) is 6.33. The first kappa shape index (κ1) is 13.6. The molecule has 0 fully saturated rings. The van der Waals surface area contributed by atoms with Crippen molar-refractivity contribution in [1.82, 2.24) is 10.3 Å². The van der Waals surface area contributed by atoms with Gasteiger partial charge in [0.05, 0.1) is 10.7 Å². The Morgan fingerprint density at radius 3 is 2.75 bits per heavy atom. The van der Waals surface area contributed by atoms with Crippen LogP contribution in [0.2, 0.25) is 0 Å². The van der Waals surface area contributed by atoms with Crippen molar-refractivity contribution < 1.29 is 5.11 Å². The van der Waals surface area contributed by atoms with Crippen LogP contribution in [0.3, 0.4) is 0 Å². The zero-order valence-corrected chi connectivity index (χ0v) is 11.2. The van der Waals surface area contributed by atoms with Crippen molar-refractivity contribution in [3.63, 3.8) is 0 Å². The molecule has 0 saturated carbocycles. The van der Waals surface area contributed by atoms with Crippen LogP contribution in [0.4, 0.5) is 0 Å². The monoisotopic (exact) mass is 242 g/mol. The number of aryl methyl sites for hydroxylation is 1. The highest BCUT2D eigenvalue weighted by Crippen LogP contribution is 2.16. The molecule has 3 nitrogen and oxygen atoms in total. The average molecular weight is 242 g/mol. The quantitative estimate of drug-likeness (QED) is 0.771. The van der Waals surface area contributed by atoms with E-state index >= 15 is 0 Å². The summed E-state index contributed by atoms with van der Waals surface area (Å²) in [6, 6.07) is 0. The lowest BCUT2D eigenvalue weighted by Crippen LogP contribution is -2.42. The van der Waals surface area contributed by atoms with Gasteiger partial charge >= 0.3 is 0 Å². The summed E-state index contributed by atoms with van der Waals surface area (Å²) in [6.07, 6.45) is 2.80. The number of hydrogen-bond donors (Lipinski definition) is 2. The fraction of sp³-hybridized carbons (Fsp3) is 0.750. The maximum Gasteiger partial charge on any atom is 0.0926 e. The first-order chi connectivity index (χ1) is 7.63. The molecule has 0 aliphatic carbocycles. The summed E-state index contributed by atoms with van der Waals surface area (Å²) in [5.74, 6) is 0. The van der Waals surface area contributed by atoms with Crippen molar-refractivity contribution in [3.8, 4) is 0 Å². The first-order valence-corrected chi connectivity index (χ1v) is 6.80. The summed E-state index contributed by atoms with van der Waals surface area (Å²) < 4.78 is 0. The summed E-state index contributed by atoms with van der Waals surface area (Å²) in [5, 5.41) is 15.8. The maximum atomic E-state index is 9.02. The van der Waals surface area contributed by atoms with E-state index in [1.165, 1.54) is 5.01 Å². The number of rotatable bonds is 7. The van der Waals surface area contributed by atoms with Gasteiger partial charge in [-0.2, -0.15) is 0 Å². The Hall–Kier alpha value is -0.450. The summed E-state index contributed by atoms with van der Waals surface area (Å²) >= 11 is 1.72. The van der Waals surface area contributed by atoms with Crippen LogP contribution in [-0.4, -0.2) is 22.2 Å². The summed E-state index contributed by atoms with van der Waals surface area (Å²) in [5.41, 5.74) is 1.13. The van der Waals surface area contributed by atoms with Crippen molar-refractivity contribution >= 4 is 11.3 Å². The van der Waals surface area contributed by atoms with Crippen LogP contribution in [-0.2, 0) is 13.0 Å². The van der Waals surface area contributed by atoms with Crippen molar-refractivity contribution in [1.29, 1.82) is 0 Å². The number of nitrogens with one attached hydrogen (secondary N) is 1. The number of aromatic nitrogens is 1. The van der Waals surface area contributed by atoms with E-state index < -0.39 is 0 Å². The second-order valence-corrected chi connectivity index (χ2v) is 5.27. The van der Waals surface area contributed by atoms with E-state index in [-0.39, 0.29) is 12.1 Å². The van der Waals surface area contributed by atoms with Crippen molar-refractivity contribution in [3.05, 3.63) is 16.1 Å². The number of thiazole rings is 1. The van der Waals surface area contributed by atoms with Gasteiger partial charge in [0.25, 0.3) is 0 Å². The Kier molecular flexibility index (Phi) is 5.38. The molecule has 1 unspecified atom stereocenters. The zero-order valence-electron chi connectivity index (χ0n) is 10.4. The molecule has 1 aromatic rings. The Morgan fingerprint density at radius 2 is 2.25 bits per heavy atom. The van der Waals surface area contributed by atoms with Gasteiger partial charge in [0.15, 0.2) is 0 Å². The molecule has 4 heteroatoms. The number of nitrogens with zero attached hydrogens (tertiary/aromatic N) is 1. The molecule has 2 N–H and O–H groups in total. The number of hydrogen-bond acceptors (Lipinski definition) is 4. The minimum Gasteiger partial charge on any atom is -0.396 e. The topological polar surface area (TPSA) is 45.2 Å². The second-order valence-electron chi connectivity index (χ2n) is 4.33. The molecule has 0 aliphatic rings.